The number of carbonyl (C=O) groups excluding carboxylic acids is 1. The number of fused-ring (bicyclic) bond motifs is 1. The van der Waals surface area contributed by atoms with E-state index in [-0.39, 0.29) is 22.9 Å². The van der Waals surface area contributed by atoms with Crippen LogP contribution < -0.4 is 10.1 Å². The van der Waals surface area contributed by atoms with Crippen LogP contribution in [0.25, 0.3) is 22.4 Å². The molecule has 26 heavy (non-hydrogen) atoms. The molecular formula is C17H14F3N3O3. The summed E-state index contributed by atoms with van der Waals surface area (Å²) in [6.45, 7) is 1.58. The highest BCUT2D eigenvalue weighted by Gasteiger charge is 2.33. The van der Waals surface area contributed by atoms with Crippen molar-refractivity contribution in [3.63, 3.8) is 0 Å². The van der Waals surface area contributed by atoms with Crippen LogP contribution in [0.15, 0.2) is 28.7 Å². The Hall–Kier alpha value is -3.10. The highest BCUT2D eigenvalue weighted by molar-refractivity contribution is 5.98. The molecule has 2 heterocycles. The molecule has 0 atom stereocenters. The zero-order chi connectivity index (χ0) is 19.1. The van der Waals surface area contributed by atoms with Crippen molar-refractivity contribution in [2.75, 3.05) is 14.2 Å². The zero-order valence-electron chi connectivity index (χ0n) is 14.1. The lowest BCUT2D eigenvalue weighted by Gasteiger charge is -2.11. The topological polar surface area (TPSA) is 77.2 Å². The molecule has 0 aliphatic carbocycles. The number of aryl methyl sites for hydroxylation is 1. The van der Waals surface area contributed by atoms with Gasteiger partial charge in [0, 0.05) is 18.0 Å². The number of rotatable bonds is 3. The third kappa shape index (κ3) is 2.96. The molecule has 1 aromatic carbocycles. The number of hydrogen-bond acceptors (Lipinski definition) is 5. The van der Waals surface area contributed by atoms with Crippen molar-refractivity contribution in [2.24, 2.45) is 0 Å². The van der Waals surface area contributed by atoms with Gasteiger partial charge in [-0.2, -0.15) is 13.2 Å². The first-order valence-corrected chi connectivity index (χ1v) is 7.51. The van der Waals surface area contributed by atoms with Crippen LogP contribution in [0.4, 0.5) is 13.2 Å². The number of pyridine rings is 1. The van der Waals surface area contributed by atoms with Crippen molar-refractivity contribution in [3.8, 4) is 17.2 Å². The smallest absolute Gasteiger partial charge is 0.433 e. The number of oxazole rings is 1. The number of benzene rings is 1. The van der Waals surface area contributed by atoms with E-state index >= 15 is 0 Å². The van der Waals surface area contributed by atoms with E-state index in [9.17, 15) is 18.0 Å². The molecule has 0 aliphatic heterocycles. The van der Waals surface area contributed by atoms with Crippen molar-refractivity contribution in [1.82, 2.24) is 15.3 Å². The van der Waals surface area contributed by atoms with Crippen molar-refractivity contribution < 1.29 is 27.1 Å². The molecule has 1 N–H and O–H groups in total. The number of hydrogen-bond donors (Lipinski definition) is 1. The molecule has 0 bridgehead atoms. The monoisotopic (exact) mass is 365 g/mol. The number of ether oxygens (including phenoxy) is 1. The number of aromatic nitrogens is 2. The van der Waals surface area contributed by atoms with Gasteiger partial charge in [0.25, 0.3) is 5.91 Å². The number of amides is 1. The average molecular weight is 365 g/mol. The van der Waals surface area contributed by atoms with Gasteiger partial charge < -0.3 is 14.5 Å². The van der Waals surface area contributed by atoms with Crippen molar-refractivity contribution in [3.05, 3.63) is 41.4 Å². The minimum Gasteiger partial charge on any atom is -0.494 e. The lowest BCUT2D eigenvalue weighted by atomic mass is 10.1. The Morgan fingerprint density at radius 1 is 1.19 bits per heavy atom. The highest BCUT2D eigenvalue weighted by atomic mass is 19.4. The number of carbonyl (C=O) groups is 1. The summed E-state index contributed by atoms with van der Waals surface area (Å²) in [6.07, 6.45) is -4.58. The second-order valence-electron chi connectivity index (χ2n) is 5.41. The lowest BCUT2D eigenvalue weighted by molar-refractivity contribution is -0.140. The van der Waals surface area contributed by atoms with E-state index < -0.39 is 17.8 Å². The molecule has 0 radical (unpaired) electrons. The summed E-state index contributed by atoms with van der Waals surface area (Å²) in [5, 5.41) is 2.81. The zero-order valence-corrected chi connectivity index (χ0v) is 14.1. The third-order valence-electron chi connectivity index (χ3n) is 3.80. The molecule has 9 heteroatoms. The van der Waals surface area contributed by atoms with E-state index in [4.69, 9.17) is 9.15 Å². The standard InChI is InChI=1S/C17H14F3N3O3/c1-8-13(15(24)21-2)23-16(26-8)10-4-6-11(25-3)14-9(10)5-7-12(22-14)17(18,19)20/h4-7H,1-3H3,(H,21,24). The summed E-state index contributed by atoms with van der Waals surface area (Å²) in [5.41, 5.74) is -0.501. The Labute approximate surface area is 146 Å². The second-order valence-corrected chi connectivity index (χ2v) is 5.41. The first kappa shape index (κ1) is 17.7. The Balaban J connectivity index is 2.23. The van der Waals surface area contributed by atoms with Gasteiger partial charge in [0.15, 0.2) is 5.69 Å². The van der Waals surface area contributed by atoms with Gasteiger partial charge in [0.1, 0.15) is 22.7 Å². The van der Waals surface area contributed by atoms with E-state index in [1.54, 1.807) is 13.0 Å². The van der Waals surface area contributed by atoms with Gasteiger partial charge in [-0.15, -0.1) is 0 Å². The van der Waals surface area contributed by atoms with Crippen LogP contribution in [-0.2, 0) is 6.18 Å². The number of alkyl halides is 3. The fourth-order valence-corrected chi connectivity index (χ4v) is 2.54. The van der Waals surface area contributed by atoms with Crippen molar-refractivity contribution >= 4 is 16.8 Å². The maximum atomic E-state index is 13.0. The van der Waals surface area contributed by atoms with Crippen LogP contribution in [0.1, 0.15) is 21.9 Å². The van der Waals surface area contributed by atoms with Gasteiger partial charge in [0.2, 0.25) is 5.89 Å². The van der Waals surface area contributed by atoms with Crippen molar-refractivity contribution in [1.29, 1.82) is 0 Å². The molecule has 3 aromatic rings. The number of nitrogens with zero attached hydrogens (tertiary/aromatic N) is 2. The van der Waals surface area contributed by atoms with Crippen LogP contribution in [0.3, 0.4) is 0 Å². The largest absolute Gasteiger partial charge is 0.494 e. The van der Waals surface area contributed by atoms with Crippen molar-refractivity contribution in [2.45, 2.75) is 13.1 Å². The fourth-order valence-electron chi connectivity index (χ4n) is 2.54. The molecule has 0 saturated carbocycles. The maximum absolute atomic E-state index is 13.0. The minimum atomic E-state index is -4.58. The van der Waals surface area contributed by atoms with Gasteiger partial charge in [0.05, 0.1) is 7.11 Å². The molecule has 0 fully saturated rings. The van der Waals surface area contributed by atoms with E-state index in [1.807, 2.05) is 0 Å². The second kappa shape index (κ2) is 6.32. The quantitative estimate of drug-likeness (QED) is 0.768. The molecule has 2 aromatic heterocycles. The summed E-state index contributed by atoms with van der Waals surface area (Å²) in [7, 11) is 2.80. The fraction of sp³-hybridized carbons (Fsp3) is 0.235. The molecule has 1 amide bonds. The Morgan fingerprint density at radius 2 is 1.92 bits per heavy atom. The summed E-state index contributed by atoms with van der Waals surface area (Å²) < 4.78 is 49.6. The predicted molar refractivity (Wildman–Crippen MR) is 86.9 cm³/mol. The first-order valence-electron chi connectivity index (χ1n) is 7.51. The molecule has 0 aliphatic rings. The molecule has 136 valence electrons. The van der Waals surface area contributed by atoms with E-state index in [0.29, 0.717) is 16.7 Å². The van der Waals surface area contributed by atoms with Gasteiger partial charge >= 0.3 is 6.18 Å². The third-order valence-corrected chi connectivity index (χ3v) is 3.80. The van der Waals surface area contributed by atoms with Gasteiger partial charge in [-0.3, -0.25) is 4.79 Å². The van der Waals surface area contributed by atoms with Gasteiger partial charge in [-0.1, -0.05) is 0 Å². The summed E-state index contributed by atoms with van der Waals surface area (Å²) in [4.78, 5) is 19.7. The molecule has 0 unspecified atom stereocenters. The Morgan fingerprint density at radius 3 is 2.54 bits per heavy atom. The van der Waals surface area contributed by atoms with Gasteiger partial charge in [-0.05, 0) is 31.2 Å². The summed E-state index contributed by atoms with van der Waals surface area (Å²) >= 11 is 0. The Bertz CT molecular complexity index is 996. The summed E-state index contributed by atoms with van der Waals surface area (Å²) in [6, 6.07) is 5.22. The SMILES string of the molecule is CNC(=O)c1nc(-c2ccc(OC)c3nc(C(F)(F)F)ccc23)oc1C. The number of halogens is 3. The molecule has 0 saturated heterocycles. The summed E-state index contributed by atoms with van der Waals surface area (Å²) in [5.74, 6) is 0.163. The minimum absolute atomic E-state index is 0.0252. The maximum Gasteiger partial charge on any atom is 0.433 e. The number of methoxy groups -OCH3 is 1. The van der Waals surface area contributed by atoms with E-state index in [1.165, 1.54) is 26.3 Å². The molecular weight excluding hydrogens is 351 g/mol. The van der Waals surface area contributed by atoms with Crippen LogP contribution in [-0.4, -0.2) is 30.0 Å². The predicted octanol–water partition coefficient (Wildman–Crippen LogP) is 3.59. The lowest BCUT2D eigenvalue weighted by Crippen LogP contribution is -2.19. The van der Waals surface area contributed by atoms with Crippen LogP contribution in [0, 0.1) is 6.92 Å². The van der Waals surface area contributed by atoms with Crippen LogP contribution >= 0.6 is 0 Å². The van der Waals surface area contributed by atoms with Crippen LogP contribution in [0.2, 0.25) is 0 Å². The van der Waals surface area contributed by atoms with E-state index in [0.717, 1.165) is 6.07 Å². The Kier molecular flexibility index (Phi) is 4.31. The average Bonchev–Trinajstić information content (AvgIpc) is 3.00. The molecule has 6 nitrogen and oxygen atoms in total. The van der Waals surface area contributed by atoms with E-state index in [2.05, 4.69) is 15.3 Å². The molecule has 0 spiro atoms. The normalized spacial score (nSPS) is 11.6. The van der Waals surface area contributed by atoms with Gasteiger partial charge in [-0.25, -0.2) is 9.97 Å². The molecule has 3 rings (SSSR count). The highest BCUT2D eigenvalue weighted by Crippen LogP contribution is 2.36. The first-order chi connectivity index (χ1) is 12.3. The van der Waals surface area contributed by atoms with Crippen LogP contribution in [0.5, 0.6) is 5.75 Å². The number of nitrogens with one attached hydrogen (secondary N) is 1.